The molecular weight excluding hydrogens is 629 g/mol. The summed E-state index contributed by atoms with van der Waals surface area (Å²) in [7, 11) is 6.48. The highest BCUT2D eigenvalue weighted by molar-refractivity contribution is 5.90. The van der Waals surface area contributed by atoms with Crippen molar-refractivity contribution in [3.8, 4) is 34.4 Å². The second kappa shape index (κ2) is 15.7. The van der Waals surface area contributed by atoms with Gasteiger partial charge in [-0.05, 0) is 49.9 Å². The van der Waals surface area contributed by atoms with E-state index in [0.717, 1.165) is 50.1 Å². The normalized spacial score (nSPS) is 13.6. The first kappa shape index (κ1) is 34.3. The SMILES string of the molecule is COc1ccc(OC)c(N(C)C(=O)Oc2cc(-c3cccc(F)c3F)nc(Nc3ccc(OCCCN4CCN(C)CC4)c(F)c3)n2)c1. The second-order valence-corrected chi connectivity index (χ2v) is 11.1. The van der Waals surface area contributed by atoms with Crippen LogP contribution in [0.1, 0.15) is 6.42 Å². The van der Waals surface area contributed by atoms with E-state index < -0.39 is 23.5 Å². The van der Waals surface area contributed by atoms with Gasteiger partial charge in [-0.2, -0.15) is 4.98 Å². The van der Waals surface area contributed by atoms with E-state index in [0.29, 0.717) is 23.8 Å². The van der Waals surface area contributed by atoms with Gasteiger partial charge in [0.1, 0.15) is 11.5 Å². The van der Waals surface area contributed by atoms with Crippen molar-refractivity contribution in [1.29, 1.82) is 0 Å². The van der Waals surface area contributed by atoms with E-state index in [1.165, 1.54) is 51.6 Å². The van der Waals surface area contributed by atoms with Crippen molar-refractivity contribution in [3.05, 3.63) is 78.1 Å². The molecule has 0 radical (unpaired) electrons. The van der Waals surface area contributed by atoms with Gasteiger partial charge in [0.2, 0.25) is 11.8 Å². The summed E-state index contributed by atoms with van der Waals surface area (Å²) in [6.45, 7) is 5.25. The van der Waals surface area contributed by atoms with Crippen LogP contribution >= 0.6 is 0 Å². The molecule has 1 saturated heterocycles. The number of methoxy groups -OCH3 is 2. The monoisotopic (exact) mass is 666 g/mol. The number of anilines is 3. The number of carbonyl (C=O) groups is 1. The topological polar surface area (TPSA) is 102 Å². The van der Waals surface area contributed by atoms with Crippen molar-refractivity contribution in [2.24, 2.45) is 0 Å². The van der Waals surface area contributed by atoms with Crippen LogP contribution in [0.4, 0.5) is 35.3 Å². The number of nitrogens with zero attached hydrogens (tertiary/aromatic N) is 5. The Morgan fingerprint density at radius 2 is 1.69 bits per heavy atom. The molecule has 0 bridgehead atoms. The van der Waals surface area contributed by atoms with Crippen LogP contribution in [0.5, 0.6) is 23.1 Å². The van der Waals surface area contributed by atoms with E-state index >= 15 is 4.39 Å². The van der Waals surface area contributed by atoms with Crippen molar-refractivity contribution in [2.45, 2.75) is 6.42 Å². The number of ether oxygens (including phenoxy) is 4. The molecule has 1 N–H and O–H groups in total. The molecule has 0 atom stereocenters. The van der Waals surface area contributed by atoms with E-state index in [9.17, 15) is 13.6 Å². The van der Waals surface area contributed by atoms with Crippen LogP contribution < -0.4 is 29.2 Å². The second-order valence-electron chi connectivity index (χ2n) is 11.1. The molecule has 0 aliphatic carbocycles. The Morgan fingerprint density at radius 1 is 0.917 bits per heavy atom. The summed E-state index contributed by atoms with van der Waals surface area (Å²) in [6, 6.07) is 13.9. The van der Waals surface area contributed by atoms with Crippen LogP contribution in [0.2, 0.25) is 0 Å². The molecule has 1 aliphatic rings. The standard InChI is InChI=1S/C34H37F3N6O5/c1-41-14-16-43(17-15-41)13-6-18-47-29-11-9-22(19-26(29)36)38-33-39-27(24-7-5-8-25(35)32(24)37)21-31(40-33)48-34(44)42(2)28-20-23(45-3)10-12-30(28)46-4/h5,7-12,19-21H,6,13-18H2,1-4H3,(H,38,39,40). The number of rotatable bonds is 12. The maximum atomic E-state index is 15.0. The van der Waals surface area contributed by atoms with Crippen molar-refractivity contribution in [1.82, 2.24) is 19.8 Å². The number of hydrogen-bond acceptors (Lipinski definition) is 10. The van der Waals surface area contributed by atoms with Gasteiger partial charge in [-0.15, -0.1) is 0 Å². The van der Waals surface area contributed by atoms with Crippen molar-refractivity contribution < 1.29 is 36.9 Å². The fourth-order valence-electron chi connectivity index (χ4n) is 5.05. The number of likely N-dealkylation sites (N-methyl/N-ethyl adjacent to an activating group) is 1. The summed E-state index contributed by atoms with van der Waals surface area (Å²) >= 11 is 0. The van der Waals surface area contributed by atoms with E-state index in [-0.39, 0.29) is 34.5 Å². The third-order valence-corrected chi connectivity index (χ3v) is 7.80. The van der Waals surface area contributed by atoms with Crippen LogP contribution in [0.25, 0.3) is 11.3 Å². The van der Waals surface area contributed by atoms with Gasteiger partial charge in [0.15, 0.2) is 23.2 Å². The lowest BCUT2D eigenvalue weighted by Gasteiger charge is -2.32. The first-order valence-corrected chi connectivity index (χ1v) is 15.3. The minimum absolute atomic E-state index is 0.0843. The van der Waals surface area contributed by atoms with Gasteiger partial charge in [-0.1, -0.05) is 6.07 Å². The number of aromatic nitrogens is 2. The van der Waals surface area contributed by atoms with Crippen LogP contribution in [0, 0.1) is 17.5 Å². The van der Waals surface area contributed by atoms with Crippen molar-refractivity contribution in [3.63, 3.8) is 0 Å². The van der Waals surface area contributed by atoms with Gasteiger partial charge in [-0.25, -0.2) is 22.9 Å². The van der Waals surface area contributed by atoms with Crippen LogP contribution in [-0.2, 0) is 0 Å². The molecule has 0 unspecified atom stereocenters. The molecule has 5 rings (SSSR count). The number of nitrogens with one attached hydrogen (secondary N) is 1. The highest BCUT2D eigenvalue weighted by Gasteiger charge is 2.22. The summed E-state index contributed by atoms with van der Waals surface area (Å²) in [5.74, 6) is -2.40. The fourth-order valence-corrected chi connectivity index (χ4v) is 5.05. The molecule has 14 heteroatoms. The highest BCUT2D eigenvalue weighted by atomic mass is 19.2. The zero-order valence-corrected chi connectivity index (χ0v) is 27.1. The minimum atomic E-state index is -1.15. The quantitative estimate of drug-likeness (QED) is 0.182. The lowest BCUT2D eigenvalue weighted by Crippen LogP contribution is -2.44. The van der Waals surface area contributed by atoms with Crippen molar-refractivity contribution >= 4 is 23.4 Å². The van der Waals surface area contributed by atoms with Crippen molar-refractivity contribution in [2.75, 3.05) is 77.9 Å². The lowest BCUT2D eigenvalue weighted by molar-refractivity contribution is 0.145. The number of carbonyl (C=O) groups excluding carboxylic acids is 1. The Kier molecular flexibility index (Phi) is 11.2. The van der Waals surface area contributed by atoms with E-state index in [2.05, 4.69) is 32.1 Å². The Morgan fingerprint density at radius 3 is 2.42 bits per heavy atom. The molecule has 1 aromatic heterocycles. The van der Waals surface area contributed by atoms with Gasteiger partial charge in [0.05, 0.1) is 32.2 Å². The molecule has 3 aromatic carbocycles. The Balaban J connectivity index is 1.33. The average molecular weight is 667 g/mol. The molecule has 254 valence electrons. The molecule has 4 aromatic rings. The third-order valence-electron chi connectivity index (χ3n) is 7.80. The number of amides is 1. The predicted octanol–water partition coefficient (Wildman–Crippen LogP) is 5.97. The molecule has 2 heterocycles. The van der Waals surface area contributed by atoms with E-state index in [4.69, 9.17) is 18.9 Å². The first-order chi connectivity index (χ1) is 23.1. The van der Waals surface area contributed by atoms with Gasteiger partial charge < -0.3 is 34.1 Å². The highest BCUT2D eigenvalue weighted by Crippen LogP contribution is 2.33. The van der Waals surface area contributed by atoms with Gasteiger partial charge in [-0.3, -0.25) is 4.90 Å². The largest absolute Gasteiger partial charge is 0.497 e. The summed E-state index contributed by atoms with van der Waals surface area (Å²) in [5.41, 5.74) is 0.286. The fraction of sp³-hybridized carbons (Fsp3) is 0.324. The first-order valence-electron chi connectivity index (χ1n) is 15.3. The predicted molar refractivity (Wildman–Crippen MR) is 175 cm³/mol. The minimum Gasteiger partial charge on any atom is -0.497 e. The molecule has 0 saturated carbocycles. The van der Waals surface area contributed by atoms with Gasteiger partial charge in [0.25, 0.3) is 0 Å². The Hall–Kier alpha value is -5.08. The van der Waals surface area contributed by atoms with Crippen LogP contribution in [-0.4, -0.2) is 93.5 Å². The molecule has 48 heavy (non-hydrogen) atoms. The number of hydrogen-bond donors (Lipinski definition) is 1. The number of piperazine rings is 1. The Bertz CT molecular complexity index is 1740. The van der Waals surface area contributed by atoms with E-state index in [1.807, 2.05) is 0 Å². The van der Waals surface area contributed by atoms with E-state index in [1.54, 1.807) is 24.3 Å². The summed E-state index contributed by atoms with van der Waals surface area (Å²) in [5, 5.41) is 2.85. The van der Waals surface area contributed by atoms with Gasteiger partial charge in [0, 0.05) is 69.2 Å². The average Bonchev–Trinajstić information content (AvgIpc) is 3.08. The maximum Gasteiger partial charge on any atom is 0.420 e. The molecule has 0 spiro atoms. The van der Waals surface area contributed by atoms with Crippen LogP contribution in [0.15, 0.2) is 60.7 Å². The number of halogens is 3. The maximum absolute atomic E-state index is 15.0. The third kappa shape index (κ3) is 8.44. The summed E-state index contributed by atoms with van der Waals surface area (Å²) < 4.78 is 65.9. The number of benzene rings is 3. The zero-order valence-electron chi connectivity index (χ0n) is 27.1. The zero-order chi connectivity index (χ0) is 34.2. The molecule has 1 aliphatic heterocycles. The molecular formula is C34H37F3N6O5. The molecule has 1 fully saturated rings. The Labute approximate surface area is 276 Å². The summed E-state index contributed by atoms with van der Waals surface area (Å²) in [4.78, 5) is 27.6. The van der Waals surface area contributed by atoms with Gasteiger partial charge >= 0.3 is 6.09 Å². The summed E-state index contributed by atoms with van der Waals surface area (Å²) in [6.07, 6.45) is -0.126. The molecule has 1 amide bonds. The van der Waals surface area contributed by atoms with Crippen LogP contribution in [0.3, 0.4) is 0 Å². The molecule has 11 nitrogen and oxygen atoms in total. The lowest BCUT2D eigenvalue weighted by atomic mass is 10.1. The smallest absolute Gasteiger partial charge is 0.420 e.